The first kappa shape index (κ1) is 16.9. The molecule has 122 valence electrons. The lowest BCUT2D eigenvalue weighted by Gasteiger charge is -2.35. The molecule has 1 aliphatic carbocycles. The highest BCUT2D eigenvalue weighted by Gasteiger charge is 2.36. The highest BCUT2D eigenvalue weighted by molar-refractivity contribution is 5.26. The van der Waals surface area contributed by atoms with E-state index in [1.54, 1.807) is 7.11 Å². The molecule has 0 aromatic heterocycles. The lowest BCUT2D eigenvalue weighted by Crippen LogP contribution is -2.44. The summed E-state index contributed by atoms with van der Waals surface area (Å²) in [6, 6.07) is 6.34. The van der Waals surface area contributed by atoms with Gasteiger partial charge in [-0.05, 0) is 35.2 Å². The summed E-state index contributed by atoms with van der Waals surface area (Å²) in [5.74, 6) is 0.756. The maximum Gasteiger partial charge on any atom is 0.118 e. The lowest BCUT2D eigenvalue weighted by molar-refractivity contribution is -0.0410. The van der Waals surface area contributed by atoms with E-state index < -0.39 is 24.3 Å². The third-order valence-corrected chi connectivity index (χ3v) is 3.85. The van der Waals surface area contributed by atoms with E-state index in [4.69, 9.17) is 20.5 Å². The summed E-state index contributed by atoms with van der Waals surface area (Å²) in [6.45, 7) is 0.324. The molecular formula is C14H18N6O3. The second-order valence-electron chi connectivity index (χ2n) is 5.28. The minimum absolute atomic E-state index is 0.254. The molecule has 0 saturated heterocycles. The Hall–Kier alpha value is -2.44. The zero-order chi connectivity index (χ0) is 16.7. The SMILES string of the molecule is COc1ccc(CO[C@H]2C[C@@H](O)[C@H](N=[N+]=[N-])C[C@@H]2N=[N+]=[N-])cc1. The third-order valence-electron chi connectivity index (χ3n) is 3.85. The van der Waals surface area contributed by atoms with Crippen LogP contribution < -0.4 is 4.74 Å². The molecule has 1 aromatic carbocycles. The average Bonchev–Trinajstić information content (AvgIpc) is 2.57. The maximum absolute atomic E-state index is 10.0. The van der Waals surface area contributed by atoms with Gasteiger partial charge < -0.3 is 14.6 Å². The Morgan fingerprint density at radius 2 is 1.78 bits per heavy atom. The number of benzene rings is 1. The van der Waals surface area contributed by atoms with Crippen molar-refractivity contribution >= 4 is 0 Å². The van der Waals surface area contributed by atoms with Gasteiger partial charge in [-0.3, -0.25) is 0 Å². The van der Waals surface area contributed by atoms with Gasteiger partial charge in [0, 0.05) is 16.2 Å². The van der Waals surface area contributed by atoms with Crippen LogP contribution in [0, 0.1) is 0 Å². The van der Waals surface area contributed by atoms with Crippen LogP contribution in [-0.4, -0.2) is 36.5 Å². The normalized spacial score (nSPS) is 26.7. The van der Waals surface area contributed by atoms with Gasteiger partial charge in [0.2, 0.25) is 0 Å². The van der Waals surface area contributed by atoms with Crippen LogP contribution >= 0.6 is 0 Å². The van der Waals surface area contributed by atoms with E-state index in [0.717, 1.165) is 11.3 Å². The van der Waals surface area contributed by atoms with Crippen LogP contribution in [-0.2, 0) is 11.3 Å². The number of aliphatic hydroxyl groups excluding tert-OH is 1. The van der Waals surface area contributed by atoms with Crippen LogP contribution in [0.1, 0.15) is 18.4 Å². The van der Waals surface area contributed by atoms with Crippen molar-refractivity contribution in [1.82, 2.24) is 0 Å². The predicted octanol–water partition coefficient (Wildman–Crippen LogP) is 3.09. The zero-order valence-corrected chi connectivity index (χ0v) is 12.7. The fourth-order valence-corrected chi connectivity index (χ4v) is 2.59. The van der Waals surface area contributed by atoms with Crippen LogP contribution in [0.25, 0.3) is 20.9 Å². The molecule has 0 heterocycles. The van der Waals surface area contributed by atoms with Gasteiger partial charge in [0.25, 0.3) is 0 Å². The molecule has 9 heteroatoms. The third kappa shape index (κ3) is 4.51. The molecule has 1 fully saturated rings. The topological polar surface area (TPSA) is 136 Å². The van der Waals surface area contributed by atoms with Crippen LogP contribution in [0.15, 0.2) is 34.5 Å². The van der Waals surface area contributed by atoms with Gasteiger partial charge in [0.1, 0.15) is 5.75 Å². The maximum atomic E-state index is 10.0. The molecule has 4 atom stereocenters. The summed E-state index contributed by atoms with van der Waals surface area (Å²) in [5.41, 5.74) is 18.1. The molecule has 23 heavy (non-hydrogen) atoms. The first-order valence-electron chi connectivity index (χ1n) is 7.19. The van der Waals surface area contributed by atoms with Gasteiger partial charge in [-0.2, -0.15) is 0 Å². The fourth-order valence-electron chi connectivity index (χ4n) is 2.59. The average molecular weight is 318 g/mol. The van der Waals surface area contributed by atoms with E-state index in [9.17, 15) is 5.11 Å². The van der Waals surface area contributed by atoms with Crippen LogP contribution in [0.3, 0.4) is 0 Å². The van der Waals surface area contributed by atoms with Gasteiger partial charge in [-0.1, -0.05) is 22.4 Å². The number of hydrogen-bond acceptors (Lipinski definition) is 5. The first-order chi connectivity index (χ1) is 11.2. The molecule has 0 bridgehead atoms. The summed E-state index contributed by atoms with van der Waals surface area (Å²) in [7, 11) is 1.60. The van der Waals surface area contributed by atoms with Crippen LogP contribution in [0.5, 0.6) is 5.75 Å². The largest absolute Gasteiger partial charge is 0.497 e. The number of methoxy groups -OCH3 is 1. The van der Waals surface area contributed by atoms with Gasteiger partial charge >= 0.3 is 0 Å². The second kappa shape index (κ2) is 8.26. The minimum Gasteiger partial charge on any atom is -0.497 e. The Morgan fingerprint density at radius 1 is 1.13 bits per heavy atom. The molecule has 1 N–H and O–H groups in total. The van der Waals surface area contributed by atoms with E-state index >= 15 is 0 Å². The molecule has 1 saturated carbocycles. The van der Waals surface area contributed by atoms with E-state index in [1.807, 2.05) is 24.3 Å². The molecule has 2 rings (SSSR count). The van der Waals surface area contributed by atoms with Crippen molar-refractivity contribution in [3.05, 3.63) is 50.7 Å². The summed E-state index contributed by atoms with van der Waals surface area (Å²) in [4.78, 5) is 5.54. The molecule has 9 nitrogen and oxygen atoms in total. The van der Waals surface area contributed by atoms with Crippen molar-refractivity contribution in [3.63, 3.8) is 0 Å². The Balaban J connectivity index is 2.01. The van der Waals surface area contributed by atoms with Crippen molar-refractivity contribution in [3.8, 4) is 5.75 Å². The van der Waals surface area contributed by atoms with Crippen molar-refractivity contribution < 1.29 is 14.6 Å². The smallest absolute Gasteiger partial charge is 0.118 e. The molecule has 1 aliphatic rings. The van der Waals surface area contributed by atoms with Crippen molar-refractivity contribution in [2.24, 2.45) is 10.2 Å². The van der Waals surface area contributed by atoms with Crippen molar-refractivity contribution in [2.75, 3.05) is 7.11 Å². The molecule has 0 aliphatic heterocycles. The quantitative estimate of drug-likeness (QED) is 0.490. The summed E-state index contributed by atoms with van der Waals surface area (Å²) in [6.07, 6.45) is -0.711. The summed E-state index contributed by atoms with van der Waals surface area (Å²) >= 11 is 0. The zero-order valence-electron chi connectivity index (χ0n) is 12.7. The lowest BCUT2D eigenvalue weighted by atomic mass is 9.87. The number of azide groups is 2. The Morgan fingerprint density at radius 3 is 2.39 bits per heavy atom. The highest BCUT2D eigenvalue weighted by atomic mass is 16.5. The van der Waals surface area contributed by atoms with Crippen molar-refractivity contribution in [1.29, 1.82) is 0 Å². The van der Waals surface area contributed by atoms with Crippen LogP contribution in [0.4, 0.5) is 0 Å². The Bertz CT molecular complexity index is 609. The Labute approximate surface area is 133 Å². The number of nitrogens with zero attached hydrogens (tertiary/aromatic N) is 6. The molecule has 0 spiro atoms. The van der Waals surface area contributed by atoms with E-state index in [0.29, 0.717) is 6.61 Å². The molecule has 1 aromatic rings. The summed E-state index contributed by atoms with van der Waals surface area (Å²) in [5, 5.41) is 17.3. The van der Waals surface area contributed by atoms with Crippen LogP contribution in [0.2, 0.25) is 0 Å². The number of hydrogen-bond donors (Lipinski definition) is 1. The molecular weight excluding hydrogens is 300 g/mol. The van der Waals surface area contributed by atoms with E-state index in [1.165, 1.54) is 0 Å². The monoisotopic (exact) mass is 318 g/mol. The standard InChI is InChI=1S/C14H18N6O3/c1-22-10-4-2-9(3-5-10)8-23-14-7-13(21)11(17-19-15)6-12(14)18-20-16/h2-5,11-14,21H,6-8H2,1H3/t11-,12+,13-,14+/m1/s1. The minimum atomic E-state index is -0.808. The molecule has 0 radical (unpaired) electrons. The number of ether oxygens (including phenoxy) is 2. The fraction of sp³-hybridized carbons (Fsp3) is 0.571. The Kier molecular flexibility index (Phi) is 6.08. The van der Waals surface area contributed by atoms with Gasteiger partial charge in [0.15, 0.2) is 0 Å². The van der Waals surface area contributed by atoms with E-state index in [-0.39, 0.29) is 12.8 Å². The first-order valence-corrected chi connectivity index (χ1v) is 7.19. The van der Waals surface area contributed by atoms with Crippen molar-refractivity contribution in [2.45, 2.75) is 43.7 Å². The second-order valence-corrected chi connectivity index (χ2v) is 5.28. The molecule has 0 amide bonds. The summed E-state index contributed by atoms with van der Waals surface area (Å²) < 4.78 is 10.9. The highest BCUT2D eigenvalue weighted by Crippen LogP contribution is 2.28. The van der Waals surface area contributed by atoms with Gasteiger partial charge in [-0.15, -0.1) is 0 Å². The number of aliphatic hydroxyl groups is 1. The molecule has 0 unspecified atom stereocenters. The van der Waals surface area contributed by atoms with Gasteiger partial charge in [-0.25, -0.2) is 0 Å². The van der Waals surface area contributed by atoms with E-state index in [2.05, 4.69) is 20.1 Å². The number of rotatable bonds is 6. The predicted molar refractivity (Wildman–Crippen MR) is 82.7 cm³/mol. The van der Waals surface area contributed by atoms with Gasteiger partial charge in [0.05, 0.1) is 38.0 Å².